The van der Waals surface area contributed by atoms with E-state index < -0.39 is 9.84 Å². The van der Waals surface area contributed by atoms with Gasteiger partial charge in [0.05, 0.1) is 11.5 Å². The molecule has 1 saturated carbocycles. The largest absolute Gasteiger partial charge is 0.315 e. The Bertz CT molecular complexity index is 283. The molecule has 1 aliphatic rings. The highest BCUT2D eigenvalue weighted by Gasteiger charge is 2.27. The van der Waals surface area contributed by atoms with E-state index in [9.17, 15) is 8.42 Å². The lowest BCUT2D eigenvalue weighted by Crippen LogP contribution is -2.28. The fourth-order valence-electron chi connectivity index (χ4n) is 1.90. The average Bonchev–Trinajstić information content (AvgIpc) is 2.96. The van der Waals surface area contributed by atoms with Crippen LogP contribution in [0.5, 0.6) is 0 Å². The van der Waals surface area contributed by atoms with Crippen molar-refractivity contribution in [1.82, 2.24) is 5.32 Å². The fraction of sp³-hybridized carbons (Fsp3) is 1.00. The van der Waals surface area contributed by atoms with Crippen molar-refractivity contribution in [1.29, 1.82) is 0 Å². The first-order valence-corrected chi connectivity index (χ1v) is 8.26. The molecule has 0 aliphatic heterocycles. The van der Waals surface area contributed by atoms with E-state index in [1.54, 1.807) is 0 Å². The second-order valence-corrected chi connectivity index (χ2v) is 7.38. The van der Waals surface area contributed by atoms with Crippen molar-refractivity contribution in [2.24, 2.45) is 11.8 Å². The van der Waals surface area contributed by atoms with E-state index in [4.69, 9.17) is 0 Å². The van der Waals surface area contributed by atoms with Gasteiger partial charge in [0.1, 0.15) is 0 Å². The summed E-state index contributed by atoms with van der Waals surface area (Å²) in [5.41, 5.74) is 0. The van der Waals surface area contributed by atoms with Crippen molar-refractivity contribution >= 4 is 9.84 Å². The van der Waals surface area contributed by atoms with Gasteiger partial charge < -0.3 is 5.32 Å². The number of hydrogen-bond donors (Lipinski definition) is 1. The van der Waals surface area contributed by atoms with Gasteiger partial charge in [-0.15, -0.1) is 0 Å². The van der Waals surface area contributed by atoms with Crippen molar-refractivity contribution < 1.29 is 8.42 Å². The van der Waals surface area contributed by atoms with E-state index in [1.807, 2.05) is 0 Å². The van der Waals surface area contributed by atoms with E-state index >= 15 is 0 Å². The summed E-state index contributed by atoms with van der Waals surface area (Å²) in [7, 11) is -2.79. The van der Waals surface area contributed by atoms with Gasteiger partial charge in [0.25, 0.3) is 0 Å². The maximum atomic E-state index is 11.6. The molecule has 3 nitrogen and oxygen atoms in total. The highest BCUT2D eigenvalue weighted by atomic mass is 32.2. The molecule has 1 N–H and O–H groups in total. The summed E-state index contributed by atoms with van der Waals surface area (Å²) in [5, 5.41) is 3.24. The Balaban J connectivity index is 2.05. The van der Waals surface area contributed by atoms with Crippen LogP contribution in [0.25, 0.3) is 0 Å². The first kappa shape index (κ1) is 14.0. The van der Waals surface area contributed by atoms with Crippen molar-refractivity contribution in [3.05, 3.63) is 0 Å². The average molecular weight is 247 g/mol. The molecule has 1 aliphatic carbocycles. The smallest absolute Gasteiger partial charge is 0.151 e. The Labute approximate surface area is 99.9 Å². The molecule has 0 bridgehead atoms. The molecule has 4 heteroatoms. The second-order valence-electron chi connectivity index (χ2n) is 5.16. The van der Waals surface area contributed by atoms with Crippen LogP contribution in [0.4, 0.5) is 0 Å². The minimum atomic E-state index is -2.79. The van der Waals surface area contributed by atoms with Crippen molar-refractivity contribution in [3.8, 4) is 0 Å². The van der Waals surface area contributed by atoms with E-state index in [-0.39, 0.29) is 0 Å². The van der Waals surface area contributed by atoms with Crippen LogP contribution in [-0.2, 0) is 9.84 Å². The highest BCUT2D eigenvalue weighted by Crippen LogP contribution is 2.30. The molecule has 16 heavy (non-hydrogen) atoms. The van der Waals surface area contributed by atoms with Crippen LogP contribution in [0.2, 0.25) is 0 Å². The summed E-state index contributed by atoms with van der Waals surface area (Å²) in [4.78, 5) is 0. The first-order valence-electron chi connectivity index (χ1n) is 6.44. The molecule has 0 spiro atoms. The lowest BCUT2D eigenvalue weighted by Gasteiger charge is -2.11. The van der Waals surface area contributed by atoms with E-state index in [1.165, 1.54) is 12.8 Å². The van der Waals surface area contributed by atoms with Crippen molar-refractivity contribution in [3.63, 3.8) is 0 Å². The third-order valence-electron chi connectivity index (χ3n) is 3.05. The Hall–Kier alpha value is -0.0900. The predicted molar refractivity (Wildman–Crippen MR) is 68.3 cm³/mol. The maximum absolute atomic E-state index is 11.6. The van der Waals surface area contributed by atoms with E-state index in [0.717, 1.165) is 19.4 Å². The zero-order valence-corrected chi connectivity index (χ0v) is 11.4. The molecule has 0 heterocycles. The van der Waals surface area contributed by atoms with E-state index in [2.05, 4.69) is 19.2 Å². The molecular weight excluding hydrogens is 222 g/mol. The molecule has 0 aromatic carbocycles. The van der Waals surface area contributed by atoms with Crippen LogP contribution in [0.3, 0.4) is 0 Å². The van der Waals surface area contributed by atoms with Crippen LogP contribution in [-0.4, -0.2) is 33.0 Å². The third kappa shape index (κ3) is 6.48. The van der Waals surface area contributed by atoms with Gasteiger partial charge in [-0.1, -0.05) is 20.3 Å². The molecule has 96 valence electrons. The Kier molecular flexibility index (Phi) is 5.76. The van der Waals surface area contributed by atoms with Gasteiger partial charge in [-0.05, 0) is 37.6 Å². The number of rotatable bonds is 9. The highest BCUT2D eigenvalue weighted by molar-refractivity contribution is 7.91. The zero-order valence-electron chi connectivity index (χ0n) is 10.5. The lowest BCUT2D eigenvalue weighted by molar-refractivity contribution is 0.482. The van der Waals surface area contributed by atoms with Crippen LogP contribution >= 0.6 is 0 Å². The minimum absolute atomic E-state index is 0.308. The number of nitrogens with one attached hydrogen (secondary N) is 1. The second kappa shape index (κ2) is 6.60. The third-order valence-corrected chi connectivity index (χ3v) is 4.86. The molecule has 0 saturated heterocycles. The van der Waals surface area contributed by atoms with Crippen LogP contribution in [0.15, 0.2) is 0 Å². The van der Waals surface area contributed by atoms with Gasteiger partial charge >= 0.3 is 0 Å². The van der Waals surface area contributed by atoms with Gasteiger partial charge in [-0.2, -0.15) is 0 Å². The molecule has 0 aromatic heterocycles. The number of sulfone groups is 1. The lowest BCUT2D eigenvalue weighted by atomic mass is 10.1. The summed E-state index contributed by atoms with van der Waals surface area (Å²) >= 11 is 0. The molecule has 1 rings (SSSR count). The monoisotopic (exact) mass is 247 g/mol. The Morgan fingerprint density at radius 2 is 2.06 bits per heavy atom. The van der Waals surface area contributed by atoms with Crippen molar-refractivity contribution in [2.45, 2.75) is 39.5 Å². The number of hydrogen-bond acceptors (Lipinski definition) is 3. The SMILES string of the molecule is CCCC(C)CNCCS(=O)(=O)CC1CC1. The zero-order chi connectivity index (χ0) is 12.0. The van der Waals surface area contributed by atoms with Crippen molar-refractivity contribution in [2.75, 3.05) is 24.6 Å². The summed E-state index contributed by atoms with van der Waals surface area (Å²) in [6, 6.07) is 0. The van der Waals surface area contributed by atoms with E-state index in [0.29, 0.717) is 29.9 Å². The molecule has 1 unspecified atom stereocenters. The molecule has 1 fully saturated rings. The van der Waals surface area contributed by atoms with Crippen LogP contribution in [0.1, 0.15) is 39.5 Å². The summed E-state index contributed by atoms with van der Waals surface area (Å²) in [6.07, 6.45) is 4.63. The minimum Gasteiger partial charge on any atom is -0.315 e. The van der Waals surface area contributed by atoms with Gasteiger partial charge in [-0.3, -0.25) is 0 Å². The summed E-state index contributed by atoms with van der Waals surface area (Å²) in [6.45, 7) is 5.93. The molecule has 0 radical (unpaired) electrons. The normalized spacial score (nSPS) is 18.6. The van der Waals surface area contributed by atoms with Gasteiger partial charge in [-0.25, -0.2) is 8.42 Å². The van der Waals surface area contributed by atoms with Crippen LogP contribution in [0, 0.1) is 11.8 Å². The Morgan fingerprint density at radius 1 is 1.38 bits per heavy atom. The van der Waals surface area contributed by atoms with Gasteiger partial charge in [0, 0.05) is 6.54 Å². The standard InChI is InChI=1S/C12H25NO2S/c1-3-4-11(2)9-13-7-8-16(14,15)10-12-5-6-12/h11-13H,3-10H2,1-2H3. The fourth-order valence-corrected chi connectivity index (χ4v) is 3.57. The first-order chi connectivity index (χ1) is 7.53. The van der Waals surface area contributed by atoms with Crippen LogP contribution < -0.4 is 5.32 Å². The topological polar surface area (TPSA) is 46.2 Å². The van der Waals surface area contributed by atoms with Gasteiger partial charge in [0.15, 0.2) is 9.84 Å². The predicted octanol–water partition coefficient (Wildman–Crippen LogP) is 1.84. The molecule has 0 amide bonds. The summed E-state index contributed by atoms with van der Waals surface area (Å²) < 4.78 is 23.2. The molecular formula is C12H25NO2S. The Morgan fingerprint density at radius 3 is 2.62 bits per heavy atom. The molecule has 0 aromatic rings. The summed E-state index contributed by atoms with van der Waals surface area (Å²) in [5.74, 6) is 1.85. The quantitative estimate of drug-likeness (QED) is 0.632. The van der Waals surface area contributed by atoms with Gasteiger partial charge in [0.2, 0.25) is 0 Å². The maximum Gasteiger partial charge on any atom is 0.151 e. The molecule has 1 atom stereocenters.